The number of piperazine rings is 1. The molecule has 29 heavy (non-hydrogen) atoms. The lowest BCUT2D eigenvalue weighted by Crippen LogP contribution is -2.49. The Bertz CT molecular complexity index is 913. The quantitative estimate of drug-likeness (QED) is 0.648. The van der Waals surface area contributed by atoms with Crippen molar-refractivity contribution >= 4 is 11.6 Å². The molecule has 1 atom stereocenters. The van der Waals surface area contributed by atoms with E-state index in [4.69, 9.17) is 4.98 Å². The molecule has 2 aromatic heterocycles. The van der Waals surface area contributed by atoms with Crippen molar-refractivity contribution in [3.05, 3.63) is 72.2 Å². The molecular formula is C23H29N5O. The van der Waals surface area contributed by atoms with Crippen molar-refractivity contribution in [2.75, 3.05) is 39.8 Å². The van der Waals surface area contributed by atoms with Crippen molar-refractivity contribution in [2.24, 2.45) is 0 Å². The minimum atomic E-state index is 0.0834. The Labute approximate surface area is 172 Å². The fraction of sp³-hybridized carbons (Fsp3) is 0.391. The summed E-state index contributed by atoms with van der Waals surface area (Å²) in [7, 11) is 1.90. The van der Waals surface area contributed by atoms with E-state index in [2.05, 4.69) is 39.5 Å². The number of rotatable bonds is 6. The highest BCUT2D eigenvalue weighted by atomic mass is 16.2. The van der Waals surface area contributed by atoms with E-state index >= 15 is 0 Å². The van der Waals surface area contributed by atoms with Gasteiger partial charge in [-0.15, -0.1) is 0 Å². The summed E-state index contributed by atoms with van der Waals surface area (Å²) in [5, 5.41) is 0. The van der Waals surface area contributed by atoms with Crippen molar-refractivity contribution < 1.29 is 4.79 Å². The molecule has 0 N–H and O–H groups in total. The number of carbonyl (C=O) groups excluding carboxylic acids is 1. The standard InChI is InChI=1S/C23H29N5O/c1-19(20-8-4-3-5-9-20)25(2)23(29)18-27-14-12-26(13-15-27)16-21-17-28-11-7-6-10-22(28)24-21/h3-11,17,19H,12-16,18H2,1-2H3. The van der Waals surface area contributed by atoms with Crippen molar-refractivity contribution in [2.45, 2.75) is 19.5 Å². The first-order chi connectivity index (χ1) is 14.1. The van der Waals surface area contributed by atoms with Crippen molar-refractivity contribution in [3.63, 3.8) is 0 Å². The third kappa shape index (κ3) is 4.66. The zero-order valence-corrected chi connectivity index (χ0v) is 17.2. The molecule has 0 bridgehead atoms. The monoisotopic (exact) mass is 391 g/mol. The van der Waals surface area contributed by atoms with E-state index < -0.39 is 0 Å². The molecule has 0 aliphatic carbocycles. The predicted molar refractivity (Wildman–Crippen MR) is 115 cm³/mol. The van der Waals surface area contributed by atoms with E-state index in [-0.39, 0.29) is 11.9 Å². The maximum absolute atomic E-state index is 12.8. The minimum absolute atomic E-state index is 0.0834. The van der Waals surface area contributed by atoms with Crippen molar-refractivity contribution in [1.29, 1.82) is 0 Å². The van der Waals surface area contributed by atoms with Gasteiger partial charge in [0.15, 0.2) is 0 Å². The number of hydrogen-bond donors (Lipinski definition) is 0. The molecule has 0 radical (unpaired) electrons. The van der Waals surface area contributed by atoms with Gasteiger partial charge in [0.2, 0.25) is 5.91 Å². The normalized spacial score (nSPS) is 16.8. The number of nitrogens with zero attached hydrogens (tertiary/aromatic N) is 5. The van der Waals surface area contributed by atoms with Crippen LogP contribution in [-0.2, 0) is 11.3 Å². The number of imidazole rings is 1. The van der Waals surface area contributed by atoms with Crippen LogP contribution in [0.1, 0.15) is 24.2 Å². The molecule has 3 aromatic rings. The summed E-state index contributed by atoms with van der Waals surface area (Å²) in [5.74, 6) is 0.176. The SMILES string of the molecule is CC(c1ccccc1)N(C)C(=O)CN1CCN(Cc2cn3ccccc3n2)CC1. The van der Waals surface area contributed by atoms with E-state index in [9.17, 15) is 4.79 Å². The van der Waals surface area contributed by atoms with Gasteiger partial charge in [-0.3, -0.25) is 14.6 Å². The molecule has 1 saturated heterocycles. The average molecular weight is 392 g/mol. The van der Waals surface area contributed by atoms with Crippen LogP contribution < -0.4 is 0 Å². The Balaban J connectivity index is 1.26. The highest BCUT2D eigenvalue weighted by Crippen LogP contribution is 2.18. The van der Waals surface area contributed by atoms with E-state index in [1.165, 1.54) is 5.56 Å². The molecular weight excluding hydrogens is 362 g/mol. The first-order valence-corrected chi connectivity index (χ1v) is 10.3. The Morgan fingerprint density at radius 2 is 1.72 bits per heavy atom. The van der Waals surface area contributed by atoms with Gasteiger partial charge in [0.25, 0.3) is 0 Å². The van der Waals surface area contributed by atoms with Gasteiger partial charge >= 0.3 is 0 Å². The summed E-state index contributed by atoms with van der Waals surface area (Å²) in [6, 6.07) is 16.3. The van der Waals surface area contributed by atoms with Crippen LogP contribution in [0.2, 0.25) is 0 Å². The Kier molecular flexibility index (Phi) is 5.92. The average Bonchev–Trinajstić information content (AvgIpc) is 3.17. The fourth-order valence-electron chi connectivity index (χ4n) is 3.87. The third-order valence-electron chi connectivity index (χ3n) is 5.88. The van der Waals surface area contributed by atoms with E-state index in [0.717, 1.165) is 44.1 Å². The fourth-order valence-corrected chi connectivity index (χ4v) is 3.87. The van der Waals surface area contributed by atoms with Crippen LogP contribution >= 0.6 is 0 Å². The highest BCUT2D eigenvalue weighted by Gasteiger charge is 2.23. The molecule has 1 fully saturated rings. The maximum atomic E-state index is 12.8. The lowest BCUT2D eigenvalue weighted by molar-refractivity contribution is -0.133. The Hall–Kier alpha value is -2.70. The highest BCUT2D eigenvalue weighted by molar-refractivity contribution is 5.78. The first-order valence-electron chi connectivity index (χ1n) is 10.3. The smallest absolute Gasteiger partial charge is 0.236 e. The van der Waals surface area contributed by atoms with Gasteiger partial charge in [0.1, 0.15) is 5.65 Å². The van der Waals surface area contributed by atoms with Gasteiger partial charge in [0, 0.05) is 52.2 Å². The molecule has 152 valence electrons. The topological polar surface area (TPSA) is 44.1 Å². The second-order valence-corrected chi connectivity index (χ2v) is 7.84. The summed E-state index contributed by atoms with van der Waals surface area (Å²) < 4.78 is 2.06. The largest absolute Gasteiger partial charge is 0.338 e. The van der Waals surface area contributed by atoms with Gasteiger partial charge in [0.05, 0.1) is 18.3 Å². The van der Waals surface area contributed by atoms with Crippen LogP contribution in [0.15, 0.2) is 60.9 Å². The number of aromatic nitrogens is 2. The van der Waals surface area contributed by atoms with Crippen LogP contribution in [0.4, 0.5) is 0 Å². The molecule has 0 saturated carbocycles. The molecule has 6 heteroatoms. The van der Waals surface area contributed by atoms with Gasteiger partial charge in [-0.05, 0) is 24.6 Å². The van der Waals surface area contributed by atoms with Gasteiger partial charge < -0.3 is 9.30 Å². The van der Waals surface area contributed by atoms with Gasteiger partial charge in [-0.2, -0.15) is 0 Å². The molecule has 1 aromatic carbocycles. The van der Waals surface area contributed by atoms with Crippen LogP contribution in [0.3, 0.4) is 0 Å². The lowest BCUT2D eigenvalue weighted by atomic mass is 10.1. The number of carbonyl (C=O) groups is 1. The first kappa shape index (κ1) is 19.6. The predicted octanol–water partition coefficient (Wildman–Crippen LogP) is 2.67. The summed E-state index contributed by atoms with van der Waals surface area (Å²) in [6.07, 6.45) is 4.13. The summed E-state index contributed by atoms with van der Waals surface area (Å²) in [5.41, 5.74) is 3.25. The zero-order valence-electron chi connectivity index (χ0n) is 17.2. The number of fused-ring (bicyclic) bond motifs is 1. The number of likely N-dealkylation sites (N-methyl/N-ethyl adjacent to an activating group) is 1. The molecule has 1 aliphatic heterocycles. The van der Waals surface area contributed by atoms with Gasteiger partial charge in [-0.1, -0.05) is 36.4 Å². The molecule has 6 nitrogen and oxygen atoms in total. The van der Waals surface area contributed by atoms with Crippen LogP contribution in [0.5, 0.6) is 0 Å². The van der Waals surface area contributed by atoms with Crippen LogP contribution in [0, 0.1) is 0 Å². The zero-order chi connectivity index (χ0) is 20.2. The number of benzene rings is 1. The van der Waals surface area contributed by atoms with Crippen molar-refractivity contribution in [1.82, 2.24) is 24.1 Å². The Morgan fingerprint density at radius 1 is 1.03 bits per heavy atom. The Morgan fingerprint density at radius 3 is 2.45 bits per heavy atom. The molecule has 1 unspecified atom stereocenters. The number of pyridine rings is 1. The van der Waals surface area contributed by atoms with Crippen molar-refractivity contribution in [3.8, 4) is 0 Å². The molecule has 1 aliphatic rings. The molecule has 4 rings (SSSR count). The molecule has 1 amide bonds. The second kappa shape index (κ2) is 8.76. The second-order valence-electron chi connectivity index (χ2n) is 7.84. The third-order valence-corrected chi connectivity index (χ3v) is 5.88. The summed E-state index contributed by atoms with van der Waals surface area (Å²) in [4.78, 5) is 24.0. The van der Waals surface area contributed by atoms with Crippen LogP contribution in [-0.4, -0.2) is 69.8 Å². The lowest BCUT2D eigenvalue weighted by Gasteiger charge is -2.35. The van der Waals surface area contributed by atoms with E-state index in [0.29, 0.717) is 6.54 Å². The maximum Gasteiger partial charge on any atom is 0.236 e. The molecule has 0 spiro atoms. The van der Waals surface area contributed by atoms with Gasteiger partial charge in [-0.25, -0.2) is 4.98 Å². The minimum Gasteiger partial charge on any atom is -0.338 e. The van der Waals surface area contributed by atoms with E-state index in [1.54, 1.807) is 0 Å². The number of amides is 1. The number of hydrogen-bond acceptors (Lipinski definition) is 4. The van der Waals surface area contributed by atoms with Crippen LogP contribution in [0.25, 0.3) is 5.65 Å². The molecule has 3 heterocycles. The summed E-state index contributed by atoms with van der Waals surface area (Å²) in [6.45, 7) is 7.15. The van der Waals surface area contributed by atoms with E-state index in [1.807, 2.05) is 54.5 Å². The summed E-state index contributed by atoms with van der Waals surface area (Å²) >= 11 is 0.